The lowest BCUT2D eigenvalue weighted by Crippen LogP contribution is -2.36. The number of likely N-dealkylation sites (tertiary alicyclic amines) is 1. The highest BCUT2D eigenvalue weighted by atomic mass is 35.5. The number of aryl methyl sites for hydroxylation is 2. The minimum absolute atomic E-state index is 0. The molecule has 0 spiro atoms. The summed E-state index contributed by atoms with van der Waals surface area (Å²) in [5.41, 5.74) is 4.27. The molecule has 1 saturated heterocycles. The maximum atomic E-state index is 3.30. The summed E-state index contributed by atoms with van der Waals surface area (Å²) in [7, 11) is 2.06. The molecule has 0 atom stereocenters. The first-order chi connectivity index (χ1) is 8.69. The number of halogens is 1. The molecule has 0 aliphatic carbocycles. The van der Waals surface area contributed by atoms with Crippen molar-refractivity contribution in [3.63, 3.8) is 0 Å². The molecule has 2 rings (SSSR count). The van der Waals surface area contributed by atoms with Crippen molar-refractivity contribution in [2.45, 2.75) is 33.2 Å². The highest BCUT2D eigenvalue weighted by Gasteiger charge is 2.18. The Morgan fingerprint density at radius 3 is 2.42 bits per heavy atom. The van der Waals surface area contributed by atoms with E-state index in [1.165, 1.54) is 49.2 Å². The Morgan fingerprint density at radius 2 is 1.84 bits per heavy atom. The Bertz CT molecular complexity index is 384. The molecule has 1 aromatic carbocycles. The molecule has 1 fully saturated rings. The van der Waals surface area contributed by atoms with Crippen molar-refractivity contribution in [3.8, 4) is 0 Å². The Labute approximate surface area is 124 Å². The van der Waals surface area contributed by atoms with Gasteiger partial charge in [0.15, 0.2) is 0 Å². The second kappa shape index (κ2) is 7.88. The minimum Gasteiger partial charge on any atom is -0.319 e. The fraction of sp³-hybridized carbons (Fsp3) is 0.625. The van der Waals surface area contributed by atoms with Crippen LogP contribution in [-0.4, -0.2) is 31.6 Å². The number of benzene rings is 1. The highest BCUT2D eigenvalue weighted by molar-refractivity contribution is 5.85. The average Bonchev–Trinajstić information content (AvgIpc) is 2.37. The van der Waals surface area contributed by atoms with Crippen LogP contribution >= 0.6 is 12.4 Å². The van der Waals surface area contributed by atoms with Gasteiger partial charge in [-0.2, -0.15) is 0 Å². The quantitative estimate of drug-likeness (QED) is 0.913. The molecule has 1 aliphatic rings. The summed E-state index contributed by atoms with van der Waals surface area (Å²) in [5.74, 6) is 0.881. The van der Waals surface area contributed by atoms with Gasteiger partial charge in [-0.3, -0.25) is 4.90 Å². The lowest BCUT2D eigenvalue weighted by atomic mass is 9.96. The molecule has 1 aromatic rings. The van der Waals surface area contributed by atoms with Crippen LogP contribution in [0.15, 0.2) is 18.2 Å². The minimum atomic E-state index is 0. The van der Waals surface area contributed by atoms with Gasteiger partial charge >= 0.3 is 0 Å². The average molecular weight is 283 g/mol. The van der Waals surface area contributed by atoms with Crippen LogP contribution in [0.25, 0.3) is 0 Å². The van der Waals surface area contributed by atoms with Crippen molar-refractivity contribution in [2.24, 2.45) is 5.92 Å². The molecule has 0 radical (unpaired) electrons. The fourth-order valence-corrected chi connectivity index (χ4v) is 2.80. The Balaban J connectivity index is 0.00000180. The summed E-state index contributed by atoms with van der Waals surface area (Å²) in [6, 6.07) is 6.87. The molecule has 2 nitrogen and oxygen atoms in total. The number of rotatable bonds is 4. The maximum Gasteiger partial charge on any atom is 0.0233 e. The fourth-order valence-electron chi connectivity index (χ4n) is 2.80. The lowest BCUT2D eigenvalue weighted by molar-refractivity contribution is 0.177. The summed E-state index contributed by atoms with van der Waals surface area (Å²) in [6.45, 7) is 9.18. The van der Waals surface area contributed by atoms with Crippen LogP contribution in [0, 0.1) is 19.8 Å². The van der Waals surface area contributed by atoms with Crippen LogP contribution in [0.4, 0.5) is 0 Å². The molecule has 0 amide bonds. The Kier molecular flexibility index (Phi) is 6.84. The van der Waals surface area contributed by atoms with E-state index in [2.05, 4.69) is 49.3 Å². The summed E-state index contributed by atoms with van der Waals surface area (Å²) in [6.07, 6.45) is 2.68. The standard InChI is InChI=1S/C16H26N2.ClH/c1-13-4-5-16(10-14(13)2)12-18-8-6-15(7-9-18)11-17-3;/h4-5,10,15,17H,6-9,11-12H2,1-3H3;1H. The normalized spacial score (nSPS) is 17.2. The molecule has 0 aromatic heterocycles. The van der Waals surface area contributed by atoms with Gasteiger partial charge in [0.25, 0.3) is 0 Å². The van der Waals surface area contributed by atoms with Gasteiger partial charge < -0.3 is 5.32 Å². The lowest BCUT2D eigenvalue weighted by Gasteiger charge is -2.32. The van der Waals surface area contributed by atoms with Gasteiger partial charge in [-0.05, 0) is 76.0 Å². The molecular weight excluding hydrogens is 256 g/mol. The van der Waals surface area contributed by atoms with Crippen LogP contribution < -0.4 is 5.32 Å². The van der Waals surface area contributed by atoms with Crippen LogP contribution in [0.1, 0.15) is 29.5 Å². The van der Waals surface area contributed by atoms with Crippen molar-refractivity contribution < 1.29 is 0 Å². The van der Waals surface area contributed by atoms with E-state index in [1.54, 1.807) is 0 Å². The van der Waals surface area contributed by atoms with E-state index >= 15 is 0 Å². The summed E-state index contributed by atoms with van der Waals surface area (Å²) < 4.78 is 0. The zero-order valence-corrected chi connectivity index (χ0v) is 13.2. The van der Waals surface area contributed by atoms with Gasteiger partial charge in [0.05, 0.1) is 0 Å². The third-order valence-corrected chi connectivity index (χ3v) is 4.18. The Hall–Kier alpha value is -0.570. The third kappa shape index (κ3) is 4.79. The Morgan fingerprint density at radius 1 is 1.16 bits per heavy atom. The zero-order chi connectivity index (χ0) is 13.0. The molecule has 108 valence electrons. The van der Waals surface area contributed by atoms with E-state index in [4.69, 9.17) is 0 Å². The van der Waals surface area contributed by atoms with Gasteiger partial charge in [-0.15, -0.1) is 12.4 Å². The van der Waals surface area contributed by atoms with Crippen molar-refractivity contribution in [2.75, 3.05) is 26.7 Å². The van der Waals surface area contributed by atoms with Crippen molar-refractivity contribution in [1.82, 2.24) is 10.2 Å². The predicted molar refractivity (Wildman–Crippen MR) is 85.1 cm³/mol. The van der Waals surface area contributed by atoms with Crippen molar-refractivity contribution >= 4 is 12.4 Å². The number of nitrogens with one attached hydrogen (secondary N) is 1. The number of nitrogens with zero attached hydrogens (tertiary/aromatic N) is 1. The first-order valence-electron chi connectivity index (χ1n) is 7.12. The van der Waals surface area contributed by atoms with Gasteiger partial charge in [-0.1, -0.05) is 18.2 Å². The van der Waals surface area contributed by atoms with Crippen LogP contribution in [-0.2, 0) is 6.54 Å². The van der Waals surface area contributed by atoms with E-state index < -0.39 is 0 Å². The third-order valence-electron chi connectivity index (χ3n) is 4.18. The van der Waals surface area contributed by atoms with E-state index in [0.717, 1.165) is 12.5 Å². The molecule has 1 N–H and O–H groups in total. The largest absolute Gasteiger partial charge is 0.319 e. The zero-order valence-electron chi connectivity index (χ0n) is 12.4. The van der Waals surface area contributed by atoms with Gasteiger partial charge in [0.1, 0.15) is 0 Å². The topological polar surface area (TPSA) is 15.3 Å². The summed E-state index contributed by atoms with van der Waals surface area (Å²) in [4.78, 5) is 2.59. The van der Waals surface area contributed by atoms with E-state index in [1.807, 2.05) is 0 Å². The summed E-state index contributed by atoms with van der Waals surface area (Å²) in [5, 5.41) is 3.30. The smallest absolute Gasteiger partial charge is 0.0233 e. The van der Waals surface area contributed by atoms with Crippen LogP contribution in [0.3, 0.4) is 0 Å². The molecule has 1 heterocycles. The van der Waals surface area contributed by atoms with Crippen LogP contribution in [0.5, 0.6) is 0 Å². The van der Waals surface area contributed by atoms with E-state index in [9.17, 15) is 0 Å². The molecular formula is C16H27ClN2. The summed E-state index contributed by atoms with van der Waals surface area (Å²) >= 11 is 0. The number of hydrogen-bond acceptors (Lipinski definition) is 2. The number of piperidine rings is 1. The first kappa shape index (κ1) is 16.5. The second-order valence-electron chi connectivity index (χ2n) is 5.70. The van der Waals surface area contributed by atoms with Crippen molar-refractivity contribution in [3.05, 3.63) is 34.9 Å². The molecule has 0 saturated carbocycles. The van der Waals surface area contributed by atoms with Crippen LogP contribution in [0.2, 0.25) is 0 Å². The molecule has 0 unspecified atom stereocenters. The predicted octanol–water partition coefficient (Wildman–Crippen LogP) is 3.16. The maximum absolute atomic E-state index is 3.30. The molecule has 3 heteroatoms. The highest BCUT2D eigenvalue weighted by Crippen LogP contribution is 2.19. The van der Waals surface area contributed by atoms with E-state index in [-0.39, 0.29) is 12.4 Å². The molecule has 0 bridgehead atoms. The van der Waals surface area contributed by atoms with E-state index in [0.29, 0.717) is 0 Å². The van der Waals surface area contributed by atoms with Gasteiger partial charge in [0.2, 0.25) is 0 Å². The molecule has 1 aliphatic heterocycles. The number of hydrogen-bond donors (Lipinski definition) is 1. The second-order valence-corrected chi connectivity index (χ2v) is 5.70. The first-order valence-corrected chi connectivity index (χ1v) is 7.12. The SMILES string of the molecule is CNCC1CCN(Cc2ccc(C)c(C)c2)CC1.Cl. The van der Waals surface area contributed by atoms with Gasteiger partial charge in [0, 0.05) is 6.54 Å². The van der Waals surface area contributed by atoms with Crippen molar-refractivity contribution in [1.29, 1.82) is 0 Å². The van der Waals surface area contributed by atoms with Gasteiger partial charge in [-0.25, -0.2) is 0 Å². The molecule has 19 heavy (non-hydrogen) atoms. The monoisotopic (exact) mass is 282 g/mol.